The van der Waals surface area contributed by atoms with Crippen LogP contribution in [0.1, 0.15) is 15.9 Å². The van der Waals surface area contributed by atoms with E-state index in [0.717, 1.165) is 0 Å². The van der Waals surface area contributed by atoms with Crippen LogP contribution in [0, 0.1) is 10.1 Å². The molecule has 0 heterocycles. The number of nitro groups is 1. The molecule has 3 N–H and O–H groups in total. The van der Waals surface area contributed by atoms with Gasteiger partial charge in [-0.25, -0.2) is 0 Å². The molecule has 30 heavy (non-hydrogen) atoms. The predicted octanol–water partition coefficient (Wildman–Crippen LogP) is 3.71. The fourth-order valence-corrected chi connectivity index (χ4v) is 2.62. The third-order valence-corrected chi connectivity index (χ3v) is 4.02. The van der Waals surface area contributed by atoms with Crippen LogP contribution in [0.3, 0.4) is 0 Å². The number of amides is 2. The van der Waals surface area contributed by atoms with Gasteiger partial charge in [-0.15, -0.1) is 0 Å². The lowest BCUT2D eigenvalue weighted by molar-refractivity contribution is -0.384. The number of carbonyl (C=O) groups is 2. The van der Waals surface area contributed by atoms with Crippen molar-refractivity contribution in [3.8, 4) is 5.75 Å². The predicted molar refractivity (Wildman–Crippen MR) is 112 cm³/mol. The Morgan fingerprint density at radius 2 is 1.67 bits per heavy atom. The van der Waals surface area contributed by atoms with Crippen LogP contribution in [-0.2, 0) is 4.79 Å². The first-order valence-corrected chi connectivity index (χ1v) is 8.85. The monoisotopic (exact) mass is 403 g/mol. The van der Waals surface area contributed by atoms with Gasteiger partial charge < -0.3 is 15.7 Å². The van der Waals surface area contributed by atoms with Gasteiger partial charge in [-0.3, -0.25) is 19.7 Å². The van der Waals surface area contributed by atoms with Crippen molar-refractivity contribution < 1.29 is 19.6 Å². The van der Waals surface area contributed by atoms with Gasteiger partial charge in [-0.1, -0.05) is 36.4 Å². The van der Waals surface area contributed by atoms with E-state index in [2.05, 4.69) is 10.6 Å². The fraction of sp³-hybridized carbons (Fsp3) is 0. The number of nitrogens with one attached hydrogen (secondary N) is 2. The average molecular weight is 403 g/mol. The summed E-state index contributed by atoms with van der Waals surface area (Å²) in [4.78, 5) is 35.8. The SMILES string of the molecule is O=C(Nc1cccc(O)c1)C(=Cc1cccc([N+](=O)[O-])c1)NC(=O)c1ccccc1. The number of phenols is 1. The lowest BCUT2D eigenvalue weighted by Crippen LogP contribution is -2.30. The molecule has 0 bridgehead atoms. The quantitative estimate of drug-likeness (QED) is 0.329. The zero-order valence-corrected chi connectivity index (χ0v) is 15.6. The Bertz CT molecular complexity index is 1130. The molecular formula is C22H17N3O5. The van der Waals surface area contributed by atoms with Gasteiger partial charge in [0.05, 0.1) is 4.92 Å². The molecule has 8 heteroatoms. The molecule has 0 saturated heterocycles. The Balaban J connectivity index is 1.93. The number of phenolic OH excluding ortho intramolecular Hbond substituents is 1. The third kappa shape index (κ3) is 5.29. The number of aromatic hydroxyl groups is 1. The smallest absolute Gasteiger partial charge is 0.272 e. The molecule has 0 fully saturated rings. The summed E-state index contributed by atoms with van der Waals surface area (Å²) in [6.45, 7) is 0. The molecule has 0 atom stereocenters. The summed E-state index contributed by atoms with van der Waals surface area (Å²) in [5.41, 5.74) is 0.753. The minimum absolute atomic E-state index is 0.0367. The normalized spacial score (nSPS) is 10.9. The molecule has 0 aliphatic rings. The van der Waals surface area contributed by atoms with Gasteiger partial charge in [0.2, 0.25) is 0 Å². The average Bonchev–Trinajstić information content (AvgIpc) is 2.74. The maximum absolute atomic E-state index is 12.8. The highest BCUT2D eigenvalue weighted by Crippen LogP contribution is 2.18. The van der Waals surface area contributed by atoms with Crippen molar-refractivity contribution in [2.24, 2.45) is 0 Å². The molecule has 0 radical (unpaired) electrons. The fourth-order valence-electron chi connectivity index (χ4n) is 2.62. The van der Waals surface area contributed by atoms with Gasteiger partial charge in [0.1, 0.15) is 11.4 Å². The van der Waals surface area contributed by atoms with Crippen LogP contribution in [0.4, 0.5) is 11.4 Å². The van der Waals surface area contributed by atoms with Gasteiger partial charge in [0, 0.05) is 29.4 Å². The molecular weight excluding hydrogens is 386 g/mol. The van der Waals surface area contributed by atoms with Gasteiger partial charge in [-0.05, 0) is 35.9 Å². The van der Waals surface area contributed by atoms with Crippen molar-refractivity contribution in [3.63, 3.8) is 0 Å². The summed E-state index contributed by atoms with van der Waals surface area (Å²) in [5.74, 6) is -1.21. The second-order valence-corrected chi connectivity index (χ2v) is 6.23. The number of hydrogen-bond donors (Lipinski definition) is 3. The molecule has 0 aliphatic carbocycles. The van der Waals surface area contributed by atoms with E-state index in [-0.39, 0.29) is 17.1 Å². The van der Waals surface area contributed by atoms with Crippen molar-refractivity contribution in [1.29, 1.82) is 0 Å². The van der Waals surface area contributed by atoms with E-state index in [1.165, 1.54) is 36.4 Å². The second kappa shape index (κ2) is 9.16. The van der Waals surface area contributed by atoms with Crippen molar-refractivity contribution in [2.75, 3.05) is 5.32 Å². The van der Waals surface area contributed by atoms with Crippen molar-refractivity contribution in [3.05, 3.63) is 106 Å². The minimum atomic E-state index is -0.656. The standard InChI is InChI=1S/C22H17N3O5/c26-19-11-5-9-17(14-19)23-22(28)20(24-21(27)16-7-2-1-3-8-16)13-15-6-4-10-18(12-15)25(29)30/h1-14,26H,(H,23,28)(H,24,27). The van der Waals surface area contributed by atoms with Crippen LogP contribution in [-0.4, -0.2) is 21.8 Å². The number of nitrogens with zero attached hydrogens (tertiary/aromatic N) is 1. The first-order valence-electron chi connectivity index (χ1n) is 8.85. The molecule has 0 spiro atoms. The van der Waals surface area contributed by atoms with E-state index in [4.69, 9.17) is 0 Å². The van der Waals surface area contributed by atoms with Gasteiger partial charge in [0.25, 0.3) is 17.5 Å². The molecule has 0 aromatic heterocycles. The van der Waals surface area contributed by atoms with Gasteiger partial charge in [0.15, 0.2) is 0 Å². The Morgan fingerprint density at radius 1 is 0.933 bits per heavy atom. The number of anilines is 1. The largest absolute Gasteiger partial charge is 0.508 e. The maximum Gasteiger partial charge on any atom is 0.272 e. The number of carbonyl (C=O) groups excluding carboxylic acids is 2. The molecule has 3 rings (SSSR count). The molecule has 0 aliphatic heterocycles. The molecule has 3 aromatic rings. The lowest BCUT2D eigenvalue weighted by Gasteiger charge is -2.11. The van der Waals surface area contributed by atoms with Gasteiger partial charge in [-0.2, -0.15) is 0 Å². The summed E-state index contributed by atoms with van der Waals surface area (Å²) >= 11 is 0. The number of non-ortho nitro benzene ring substituents is 1. The third-order valence-electron chi connectivity index (χ3n) is 4.02. The van der Waals surface area contributed by atoms with E-state index in [1.807, 2.05) is 0 Å². The summed E-state index contributed by atoms with van der Waals surface area (Å²) in [6, 6.07) is 19.9. The molecule has 0 saturated carbocycles. The Labute approximate surface area is 171 Å². The number of benzene rings is 3. The van der Waals surface area contributed by atoms with Crippen molar-refractivity contribution in [2.45, 2.75) is 0 Å². The van der Waals surface area contributed by atoms with Crippen LogP contribution in [0.2, 0.25) is 0 Å². The number of rotatable bonds is 6. The molecule has 8 nitrogen and oxygen atoms in total. The van der Waals surface area contributed by atoms with Gasteiger partial charge >= 0.3 is 0 Å². The van der Waals surface area contributed by atoms with Crippen molar-refractivity contribution >= 4 is 29.3 Å². The summed E-state index contributed by atoms with van der Waals surface area (Å²) < 4.78 is 0. The Morgan fingerprint density at radius 3 is 2.37 bits per heavy atom. The lowest BCUT2D eigenvalue weighted by atomic mass is 10.1. The molecule has 0 unspecified atom stereocenters. The van der Waals surface area contributed by atoms with E-state index in [1.54, 1.807) is 48.5 Å². The zero-order chi connectivity index (χ0) is 21.5. The molecule has 150 valence electrons. The highest BCUT2D eigenvalue weighted by atomic mass is 16.6. The van der Waals surface area contributed by atoms with E-state index in [9.17, 15) is 24.8 Å². The van der Waals surface area contributed by atoms with Crippen LogP contribution in [0.5, 0.6) is 5.75 Å². The summed E-state index contributed by atoms with van der Waals surface area (Å²) in [6.07, 6.45) is 1.34. The van der Waals surface area contributed by atoms with E-state index in [0.29, 0.717) is 16.8 Å². The first kappa shape index (κ1) is 20.3. The number of nitro benzene ring substituents is 1. The van der Waals surface area contributed by atoms with E-state index >= 15 is 0 Å². The summed E-state index contributed by atoms with van der Waals surface area (Å²) in [5, 5.41) is 25.7. The van der Waals surface area contributed by atoms with Crippen LogP contribution in [0.15, 0.2) is 84.6 Å². The Hall–Kier alpha value is -4.46. The topological polar surface area (TPSA) is 122 Å². The second-order valence-electron chi connectivity index (χ2n) is 6.23. The van der Waals surface area contributed by atoms with E-state index < -0.39 is 16.7 Å². The maximum atomic E-state index is 12.8. The highest BCUT2D eigenvalue weighted by molar-refractivity contribution is 6.10. The zero-order valence-electron chi connectivity index (χ0n) is 15.6. The van der Waals surface area contributed by atoms with Crippen LogP contribution < -0.4 is 10.6 Å². The highest BCUT2D eigenvalue weighted by Gasteiger charge is 2.16. The molecule has 2 amide bonds. The Kier molecular flexibility index (Phi) is 6.19. The summed E-state index contributed by atoms with van der Waals surface area (Å²) in [7, 11) is 0. The van der Waals surface area contributed by atoms with Crippen molar-refractivity contribution in [1.82, 2.24) is 5.32 Å². The van der Waals surface area contributed by atoms with Crippen LogP contribution in [0.25, 0.3) is 6.08 Å². The first-order chi connectivity index (χ1) is 14.4. The molecule has 3 aromatic carbocycles. The van der Waals surface area contributed by atoms with Crippen LogP contribution >= 0.6 is 0 Å². The minimum Gasteiger partial charge on any atom is -0.508 e. The number of hydrogen-bond acceptors (Lipinski definition) is 5.